The van der Waals surface area contributed by atoms with Crippen molar-refractivity contribution in [2.24, 2.45) is 7.05 Å². The Morgan fingerprint density at radius 1 is 1.44 bits per heavy atom. The van der Waals surface area contributed by atoms with Crippen LogP contribution in [0.3, 0.4) is 0 Å². The highest BCUT2D eigenvalue weighted by Gasteiger charge is 2.07. The van der Waals surface area contributed by atoms with Crippen molar-refractivity contribution < 1.29 is 0 Å². The fourth-order valence-corrected chi connectivity index (χ4v) is 1.87. The Hall–Kier alpha value is -1.69. The third-order valence-electron chi connectivity index (χ3n) is 2.85. The molecule has 0 atom stereocenters. The molecule has 1 N–H and O–H groups in total. The Balaban J connectivity index is 2.10. The zero-order chi connectivity index (χ0) is 13.1. The first-order valence-electron chi connectivity index (χ1n) is 6.20. The maximum Gasteiger partial charge on any atom is 0.264 e. The second-order valence-corrected chi connectivity index (χ2v) is 4.71. The summed E-state index contributed by atoms with van der Waals surface area (Å²) in [4.78, 5) is 16.4. The van der Waals surface area contributed by atoms with Crippen LogP contribution < -0.4 is 10.9 Å². The van der Waals surface area contributed by atoms with Crippen LogP contribution in [-0.4, -0.2) is 31.9 Å². The summed E-state index contributed by atoms with van der Waals surface area (Å²) in [6.45, 7) is 5.79. The summed E-state index contributed by atoms with van der Waals surface area (Å²) in [5.41, 5.74) is 0.620. The Morgan fingerprint density at radius 3 is 2.94 bits per heavy atom. The SMILES string of the molecule is CC(C)NCCCn1cnc2c(cnn2C)c1=O. The molecular formula is C12H19N5O. The van der Waals surface area contributed by atoms with E-state index in [1.807, 2.05) is 0 Å². The third-order valence-corrected chi connectivity index (χ3v) is 2.85. The summed E-state index contributed by atoms with van der Waals surface area (Å²) in [5.74, 6) is 0. The number of hydrogen-bond acceptors (Lipinski definition) is 4. The average molecular weight is 249 g/mol. The Labute approximate surface area is 106 Å². The molecule has 0 unspecified atom stereocenters. The minimum Gasteiger partial charge on any atom is -0.314 e. The molecular weight excluding hydrogens is 230 g/mol. The summed E-state index contributed by atoms with van der Waals surface area (Å²) in [6, 6.07) is 0.473. The molecule has 0 fully saturated rings. The Morgan fingerprint density at radius 2 is 2.22 bits per heavy atom. The molecule has 2 aromatic heterocycles. The van der Waals surface area contributed by atoms with Gasteiger partial charge in [0.25, 0.3) is 5.56 Å². The van der Waals surface area contributed by atoms with E-state index in [1.54, 1.807) is 28.8 Å². The van der Waals surface area contributed by atoms with Gasteiger partial charge in [-0.25, -0.2) is 4.98 Å². The summed E-state index contributed by atoms with van der Waals surface area (Å²) in [7, 11) is 1.78. The molecule has 6 heteroatoms. The quantitative estimate of drug-likeness (QED) is 0.785. The largest absolute Gasteiger partial charge is 0.314 e. The van der Waals surface area contributed by atoms with Crippen molar-refractivity contribution in [2.75, 3.05) is 6.54 Å². The molecule has 0 radical (unpaired) electrons. The van der Waals surface area contributed by atoms with Gasteiger partial charge in [0.15, 0.2) is 5.65 Å². The number of nitrogens with one attached hydrogen (secondary N) is 1. The highest BCUT2D eigenvalue weighted by molar-refractivity contribution is 5.72. The van der Waals surface area contributed by atoms with Crippen molar-refractivity contribution in [1.29, 1.82) is 0 Å². The molecule has 2 rings (SSSR count). The molecule has 98 valence electrons. The lowest BCUT2D eigenvalue weighted by Gasteiger charge is -2.08. The topological polar surface area (TPSA) is 64.7 Å². The van der Waals surface area contributed by atoms with E-state index in [1.165, 1.54) is 0 Å². The Bertz CT molecular complexity index is 584. The lowest BCUT2D eigenvalue weighted by molar-refractivity contribution is 0.528. The van der Waals surface area contributed by atoms with Gasteiger partial charge in [-0.3, -0.25) is 14.0 Å². The van der Waals surface area contributed by atoms with Gasteiger partial charge in [-0.2, -0.15) is 5.10 Å². The lowest BCUT2D eigenvalue weighted by atomic mass is 10.3. The molecule has 0 aliphatic rings. The first-order chi connectivity index (χ1) is 8.59. The molecule has 2 aromatic rings. The highest BCUT2D eigenvalue weighted by atomic mass is 16.1. The maximum atomic E-state index is 12.1. The predicted molar refractivity (Wildman–Crippen MR) is 70.5 cm³/mol. The first kappa shape index (κ1) is 12.8. The van der Waals surface area contributed by atoms with Crippen LogP contribution in [0.25, 0.3) is 11.0 Å². The average Bonchev–Trinajstić information content (AvgIpc) is 2.70. The number of aromatic nitrogens is 4. The van der Waals surface area contributed by atoms with Crippen molar-refractivity contribution in [2.45, 2.75) is 32.9 Å². The van der Waals surface area contributed by atoms with Gasteiger partial charge in [0.1, 0.15) is 5.39 Å². The first-order valence-corrected chi connectivity index (χ1v) is 6.20. The van der Waals surface area contributed by atoms with Crippen molar-refractivity contribution in [3.05, 3.63) is 22.9 Å². The molecule has 0 spiro atoms. The van der Waals surface area contributed by atoms with Gasteiger partial charge in [0.2, 0.25) is 0 Å². The van der Waals surface area contributed by atoms with Gasteiger partial charge < -0.3 is 5.32 Å². The number of aryl methyl sites for hydroxylation is 2. The van der Waals surface area contributed by atoms with Crippen molar-refractivity contribution in [3.8, 4) is 0 Å². The molecule has 0 aliphatic carbocycles. The minimum absolute atomic E-state index is 0.0161. The third kappa shape index (κ3) is 2.59. The zero-order valence-electron chi connectivity index (χ0n) is 11.1. The van der Waals surface area contributed by atoms with E-state index in [0.717, 1.165) is 13.0 Å². The van der Waals surface area contributed by atoms with E-state index in [2.05, 4.69) is 29.2 Å². The van der Waals surface area contributed by atoms with Crippen LogP contribution in [-0.2, 0) is 13.6 Å². The van der Waals surface area contributed by atoms with Crippen molar-refractivity contribution in [3.63, 3.8) is 0 Å². The predicted octanol–water partition coefficient (Wildman–Crippen LogP) is 0.518. The molecule has 0 amide bonds. The van der Waals surface area contributed by atoms with Gasteiger partial charge in [-0.1, -0.05) is 13.8 Å². The number of nitrogens with zero attached hydrogens (tertiary/aromatic N) is 4. The van der Waals surface area contributed by atoms with Crippen LogP contribution in [0.2, 0.25) is 0 Å². The fourth-order valence-electron chi connectivity index (χ4n) is 1.87. The summed E-state index contributed by atoms with van der Waals surface area (Å²) in [5, 5.41) is 7.95. The van der Waals surface area contributed by atoms with E-state index in [0.29, 0.717) is 23.6 Å². The Kier molecular flexibility index (Phi) is 3.76. The van der Waals surface area contributed by atoms with Crippen LogP contribution in [0, 0.1) is 0 Å². The second-order valence-electron chi connectivity index (χ2n) is 4.71. The summed E-state index contributed by atoms with van der Waals surface area (Å²) >= 11 is 0. The van der Waals surface area contributed by atoms with E-state index >= 15 is 0 Å². The fraction of sp³-hybridized carbons (Fsp3) is 0.583. The standard InChI is InChI=1S/C12H19N5O/c1-9(2)13-5-4-6-17-8-14-11-10(12(17)18)7-15-16(11)3/h7-9,13H,4-6H2,1-3H3. The zero-order valence-corrected chi connectivity index (χ0v) is 11.1. The molecule has 0 saturated carbocycles. The number of hydrogen-bond donors (Lipinski definition) is 1. The molecule has 2 heterocycles. The minimum atomic E-state index is -0.0161. The van der Waals surface area contributed by atoms with Crippen LogP contribution >= 0.6 is 0 Å². The van der Waals surface area contributed by atoms with Crippen LogP contribution in [0.15, 0.2) is 17.3 Å². The second kappa shape index (κ2) is 5.30. The van der Waals surface area contributed by atoms with Crippen LogP contribution in [0.1, 0.15) is 20.3 Å². The maximum absolute atomic E-state index is 12.1. The summed E-state index contributed by atoms with van der Waals surface area (Å²) in [6.07, 6.45) is 4.08. The highest BCUT2D eigenvalue weighted by Crippen LogP contribution is 2.03. The molecule has 0 bridgehead atoms. The van der Waals surface area contributed by atoms with Gasteiger partial charge >= 0.3 is 0 Å². The molecule has 0 saturated heterocycles. The van der Waals surface area contributed by atoms with Gasteiger partial charge in [0.05, 0.1) is 12.5 Å². The van der Waals surface area contributed by atoms with E-state index < -0.39 is 0 Å². The van der Waals surface area contributed by atoms with Gasteiger partial charge in [0, 0.05) is 19.6 Å². The van der Waals surface area contributed by atoms with Crippen LogP contribution in [0.4, 0.5) is 0 Å². The lowest BCUT2D eigenvalue weighted by Crippen LogP contribution is -2.27. The van der Waals surface area contributed by atoms with E-state index in [4.69, 9.17) is 0 Å². The van der Waals surface area contributed by atoms with Gasteiger partial charge in [-0.15, -0.1) is 0 Å². The number of rotatable bonds is 5. The molecule has 6 nitrogen and oxygen atoms in total. The molecule has 0 aliphatic heterocycles. The smallest absolute Gasteiger partial charge is 0.264 e. The number of fused-ring (bicyclic) bond motifs is 1. The molecule has 0 aromatic carbocycles. The van der Waals surface area contributed by atoms with E-state index in [9.17, 15) is 4.79 Å². The monoisotopic (exact) mass is 249 g/mol. The van der Waals surface area contributed by atoms with E-state index in [-0.39, 0.29) is 5.56 Å². The summed E-state index contributed by atoms with van der Waals surface area (Å²) < 4.78 is 3.26. The van der Waals surface area contributed by atoms with Crippen molar-refractivity contribution >= 4 is 11.0 Å². The normalized spacial score (nSPS) is 11.6. The molecule has 18 heavy (non-hydrogen) atoms. The van der Waals surface area contributed by atoms with Crippen LogP contribution in [0.5, 0.6) is 0 Å². The van der Waals surface area contributed by atoms with Gasteiger partial charge in [-0.05, 0) is 13.0 Å². The van der Waals surface area contributed by atoms with Crippen molar-refractivity contribution in [1.82, 2.24) is 24.6 Å².